The van der Waals surface area contributed by atoms with E-state index in [1.165, 1.54) is 11.1 Å². The van der Waals surface area contributed by atoms with Crippen LogP contribution in [0.2, 0.25) is 0 Å². The van der Waals surface area contributed by atoms with Gasteiger partial charge in [0.2, 0.25) is 0 Å². The summed E-state index contributed by atoms with van der Waals surface area (Å²) in [4.78, 5) is 0. The lowest BCUT2D eigenvalue weighted by molar-refractivity contribution is 0.288. The van der Waals surface area contributed by atoms with E-state index >= 15 is 0 Å². The van der Waals surface area contributed by atoms with Gasteiger partial charge in [-0.15, -0.1) is 0 Å². The summed E-state index contributed by atoms with van der Waals surface area (Å²) in [6, 6.07) is 6.30. The number of benzene rings is 1. The van der Waals surface area contributed by atoms with Crippen molar-refractivity contribution in [1.82, 2.24) is 0 Å². The maximum atomic E-state index is 8.66. The summed E-state index contributed by atoms with van der Waals surface area (Å²) < 4.78 is 1.15. The van der Waals surface area contributed by atoms with Gasteiger partial charge in [0, 0.05) is 11.1 Å². The van der Waals surface area contributed by atoms with E-state index in [9.17, 15) is 0 Å². The summed E-state index contributed by atoms with van der Waals surface area (Å²) in [6.45, 7) is 2.33. The van der Waals surface area contributed by atoms with E-state index in [0.29, 0.717) is 0 Å². The highest BCUT2D eigenvalue weighted by molar-refractivity contribution is 9.10. The molecule has 1 rings (SSSR count). The average Bonchev–Trinajstić information content (AvgIpc) is 2.03. The second-order valence-electron chi connectivity index (χ2n) is 2.92. The van der Waals surface area contributed by atoms with E-state index in [1.807, 2.05) is 0 Å². The molecule has 2 heteroatoms. The molecule has 0 saturated heterocycles. The maximum Gasteiger partial charge on any atom is 0.0434 e. The van der Waals surface area contributed by atoms with E-state index in [2.05, 4.69) is 41.1 Å². The number of aliphatic hydroxyl groups excluding tert-OH is 1. The van der Waals surface area contributed by atoms with Gasteiger partial charge in [-0.25, -0.2) is 0 Å². The Bertz CT molecular complexity index is 258. The Labute approximate surface area is 81.6 Å². The number of aliphatic hydroxyl groups is 1. The highest BCUT2D eigenvalue weighted by Crippen LogP contribution is 2.19. The standard InChI is InChI=1S/C10H13BrO/c1-8-4-5-9(3-2-6-12)10(11)7-8/h4-5,7,12H,2-3,6H2,1H3. The van der Waals surface area contributed by atoms with Crippen LogP contribution in [0.3, 0.4) is 0 Å². The van der Waals surface area contributed by atoms with Crippen LogP contribution in [0.1, 0.15) is 17.5 Å². The molecule has 0 aromatic heterocycles. The third-order valence-corrected chi connectivity index (χ3v) is 2.55. The Morgan fingerprint density at radius 1 is 1.42 bits per heavy atom. The van der Waals surface area contributed by atoms with Gasteiger partial charge >= 0.3 is 0 Å². The van der Waals surface area contributed by atoms with Crippen LogP contribution in [-0.4, -0.2) is 11.7 Å². The molecule has 0 fully saturated rings. The number of hydrogen-bond donors (Lipinski definition) is 1. The zero-order valence-electron chi connectivity index (χ0n) is 7.18. The summed E-state index contributed by atoms with van der Waals surface area (Å²) in [7, 11) is 0. The molecule has 0 radical (unpaired) electrons. The van der Waals surface area contributed by atoms with Crippen LogP contribution < -0.4 is 0 Å². The van der Waals surface area contributed by atoms with Crippen molar-refractivity contribution >= 4 is 15.9 Å². The van der Waals surface area contributed by atoms with Gasteiger partial charge in [0.05, 0.1) is 0 Å². The number of aryl methyl sites for hydroxylation is 2. The summed E-state index contributed by atoms with van der Waals surface area (Å²) in [5.41, 5.74) is 2.53. The Morgan fingerprint density at radius 2 is 2.17 bits per heavy atom. The monoisotopic (exact) mass is 228 g/mol. The first-order chi connectivity index (χ1) is 5.74. The molecule has 0 spiro atoms. The molecule has 0 bridgehead atoms. The average molecular weight is 229 g/mol. The van der Waals surface area contributed by atoms with Crippen molar-refractivity contribution in [2.45, 2.75) is 19.8 Å². The van der Waals surface area contributed by atoms with Crippen molar-refractivity contribution < 1.29 is 5.11 Å². The van der Waals surface area contributed by atoms with E-state index in [0.717, 1.165) is 17.3 Å². The molecule has 1 N–H and O–H groups in total. The highest BCUT2D eigenvalue weighted by Gasteiger charge is 1.98. The molecule has 0 unspecified atom stereocenters. The van der Waals surface area contributed by atoms with Gasteiger partial charge in [-0.1, -0.05) is 28.1 Å². The molecule has 66 valence electrons. The van der Waals surface area contributed by atoms with Crippen molar-refractivity contribution in [1.29, 1.82) is 0 Å². The zero-order chi connectivity index (χ0) is 8.97. The third-order valence-electron chi connectivity index (χ3n) is 1.81. The predicted octanol–water partition coefficient (Wildman–Crippen LogP) is 2.68. The van der Waals surface area contributed by atoms with Gasteiger partial charge in [0.15, 0.2) is 0 Å². The van der Waals surface area contributed by atoms with E-state index in [-0.39, 0.29) is 6.61 Å². The quantitative estimate of drug-likeness (QED) is 0.844. The summed E-state index contributed by atoms with van der Waals surface area (Å²) in [6.07, 6.45) is 1.78. The SMILES string of the molecule is Cc1ccc(CCCO)c(Br)c1. The van der Waals surface area contributed by atoms with Gasteiger partial charge < -0.3 is 5.11 Å². The van der Waals surface area contributed by atoms with Crippen molar-refractivity contribution in [2.24, 2.45) is 0 Å². The van der Waals surface area contributed by atoms with Crippen LogP contribution in [0, 0.1) is 6.92 Å². The molecule has 1 nitrogen and oxygen atoms in total. The van der Waals surface area contributed by atoms with E-state index < -0.39 is 0 Å². The Balaban J connectivity index is 2.72. The second-order valence-corrected chi connectivity index (χ2v) is 3.78. The molecule has 0 heterocycles. The molecule has 12 heavy (non-hydrogen) atoms. The van der Waals surface area contributed by atoms with Crippen LogP contribution in [0.4, 0.5) is 0 Å². The molecule has 1 aromatic carbocycles. The molecule has 0 atom stereocenters. The van der Waals surface area contributed by atoms with Crippen molar-refractivity contribution in [3.63, 3.8) is 0 Å². The smallest absolute Gasteiger partial charge is 0.0434 e. The van der Waals surface area contributed by atoms with Crippen LogP contribution >= 0.6 is 15.9 Å². The number of halogens is 1. The number of rotatable bonds is 3. The van der Waals surface area contributed by atoms with E-state index in [1.54, 1.807) is 0 Å². The first-order valence-electron chi connectivity index (χ1n) is 4.10. The minimum Gasteiger partial charge on any atom is -0.396 e. The van der Waals surface area contributed by atoms with E-state index in [4.69, 9.17) is 5.11 Å². The first kappa shape index (κ1) is 9.75. The molecule has 0 aliphatic rings. The van der Waals surface area contributed by atoms with Crippen LogP contribution in [0.15, 0.2) is 22.7 Å². The fourth-order valence-corrected chi connectivity index (χ4v) is 1.82. The van der Waals surface area contributed by atoms with Gasteiger partial charge in [-0.05, 0) is 37.0 Å². The van der Waals surface area contributed by atoms with Gasteiger partial charge in [0.1, 0.15) is 0 Å². The van der Waals surface area contributed by atoms with Gasteiger partial charge in [-0.2, -0.15) is 0 Å². The van der Waals surface area contributed by atoms with Gasteiger partial charge in [0.25, 0.3) is 0 Å². The lowest BCUT2D eigenvalue weighted by Gasteiger charge is -2.03. The molecular formula is C10H13BrO. The predicted molar refractivity (Wildman–Crippen MR) is 54.3 cm³/mol. The molecule has 1 aromatic rings. The first-order valence-corrected chi connectivity index (χ1v) is 4.89. The third kappa shape index (κ3) is 2.61. The number of hydrogen-bond acceptors (Lipinski definition) is 1. The Hall–Kier alpha value is -0.340. The van der Waals surface area contributed by atoms with Crippen molar-refractivity contribution in [3.8, 4) is 0 Å². The largest absolute Gasteiger partial charge is 0.396 e. The maximum absolute atomic E-state index is 8.66. The normalized spacial score (nSPS) is 10.2. The summed E-state index contributed by atoms with van der Waals surface area (Å²) >= 11 is 3.50. The molecule has 0 saturated carbocycles. The van der Waals surface area contributed by atoms with Crippen LogP contribution in [0.5, 0.6) is 0 Å². The minimum absolute atomic E-state index is 0.264. The van der Waals surface area contributed by atoms with Crippen LogP contribution in [0.25, 0.3) is 0 Å². The summed E-state index contributed by atoms with van der Waals surface area (Å²) in [5.74, 6) is 0. The fourth-order valence-electron chi connectivity index (χ4n) is 1.12. The highest BCUT2D eigenvalue weighted by atomic mass is 79.9. The molecule has 0 aliphatic heterocycles. The minimum atomic E-state index is 0.264. The second kappa shape index (κ2) is 4.63. The van der Waals surface area contributed by atoms with Crippen molar-refractivity contribution in [3.05, 3.63) is 33.8 Å². The lowest BCUT2D eigenvalue weighted by Crippen LogP contribution is -1.90. The topological polar surface area (TPSA) is 20.2 Å². The van der Waals surface area contributed by atoms with Crippen molar-refractivity contribution in [2.75, 3.05) is 6.61 Å². The molecule has 0 aliphatic carbocycles. The fraction of sp³-hybridized carbons (Fsp3) is 0.400. The Morgan fingerprint density at radius 3 is 2.75 bits per heavy atom. The molecule has 0 amide bonds. The summed E-state index contributed by atoms with van der Waals surface area (Å²) in [5, 5.41) is 8.66. The molecular weight excluding hydrogens is 216 g/mol. The van der Waals surface area contributed by atoms with Crippen LogP contribution in [-0.2, 0) is 6.42 Å². The Kier molecular flexibility index (Phi) is 3.76. The van der Waals surface area contributed by atoms with Gasteiger partial charge in [-0.3, -0.25) is 0 Å². The zero-order valence-corrected chi connectivity index (χ0v) is 8.76. The lowest BCUT2D eigenvalue weighted by atomic mass is 10.1.